The number of fused-ring (bicyclic) bond motifs is 1. The van der Waals surface area contributed by atoms with Crippen LogP contribution in [0, 0.1) is 0 Å². The fourth-order valence-corrected chi connectivity index (χ4v) is 2.36. The Balaban J connectivity index is 1.96. The van der Waals surface area contributed by atoms with Crippen LogP contribution in [0.15, 0.2) is 63.9 Å². The summed E-state index contributed by atoms with van der Waals surface area (Å²) in [6.07, 6.45) is 1.000. The van der Waals surface area contributed by atoms with Gasteiger partial charge in [-0.1, -0.05) is 5.22 Å². The Labute approximate surface area is 153 Å². The molecule has 1 aromatic heterocycles. The minimum Gasteiger partial charge on any atom is -0.399 e. The molecule has 0 aliphatic heterocycles. The van der Waals surface area contributed by atoms with E-state index >= 15 is 0 Å². The van der Waals surface area contributed by atoms with Crippen molar-refractivity contribution in [2.75, 3.05) is 10.7 Å². The van der Waals surface area contributed by atoms with Crippen molar-refractivity contribution in [2.45, 2.75) is 13.3 Å². The van der Waals surface area contributed by atoms with Gasteiger partial charge in [0.15, 0.2) is 0 Å². The van der Waals surface area contributed by atoms with Gasteiger partial charge in [-0.15, -0.1) is 5.11 Å². The quantitative estimate of drug-likeness (QED) is 0.310. The zero-order chi connectivity index (χ0) is 19.4. The molecule has 3 rings (SSSR count). The van der Waals surface area contributed by atoms with Gasteiger partial charge in [0.2, 0.25) is 0 Å². The van der Waals surface area contributed by atoms with E-state index in [0.29, 0.717) is 28.0 Å². The van der Waals surface area contributed by atoms with Gasteiger partial charge in [0, 0.05) is 5.69 Å². The molecule has 9 nitrogen and oxygen atoms in total. The number of nitrogens with zero attached hydrogens (tertiary/aromatic N) is 4. The highest BCUT2D eigenvalue weighted by molar-refractivity contribution is 6.04. The Hall–Kier alpha value is -3.88. The highest BCUT2D eigenvalue weighted by Crippen LogP contribution is 2.22. The van der Waals surface area contributed by atoms with Crippen molar-refractivity contribution in [2.24, 2.45) is 10.3 Å². The highest BCUT2D eigenvalue weighted by Gasteiger charge is 2.17. The number of nitrogens with one attached hydrogen (secondary N) is 1. The normalized spacial score (nSPS) is 11.0. The molecule has 9 heteroatoms. The molecule has 136 valence electrons. The van der Waals surface area contributed by atoms with Gasteiger partial charge < -0.3 is 10.7 Å². The highest BCUT2D eigenvalue weighted by atomic mass is 16.2. The van der Waals surface area contributed by atoms with E-state index in [4.69, 9.17) is 5.73 Å². The van der Waals surface area contributed by atoms with Crippen LogP contribution in [-0.4, -0.2) is 21.7 Å². The van der Waals surface area contributed by atoms with Crippen LogP contribution in [0.5, 0.6) is 0 Å². The summed E-state index contributed by atoms with van der Waals surface area (Å²) in [4.78, 5) is 42.1. The summed E-state index contributed by atoms with van der Waals surface area (Å²) in [7, 11) is 0. The first-order valence-corrected chi connectivity index (χ1v) is 8.01. The fourth-order valence-electron chi connectivity index (χ4n) is 2.36. The van der Waals surface area contributed by atoms with Crippen LogP contribution in [-0.2, 0) is 9.59 Å². The third-order valence-corrected chi connectivity index (χ3v) is 3.65. The SMILES string of the molecule is CC(=O)CC(=O)N(N=Nc1ccc2nc[nH]c(=O)c2c1)c1ccc(N)cc1. The zero-order valence-electron chi connectivity index (χ0n) is 14.4. The smallest absolute Gasteiger partial charge is 0.258 e. The van der Waals surface area contributed by atoms with Crippen LogP contribution in [0.1, 0.15) is 13.3 Å². The van der Waals surface area contributed by atoms with Crippen molar-refractivity contribution in [1.29, 1.82) is 0 Å². The first-order valence-electron chi connectivity index (χ1n) is 8.01. The number of Topliss-reactive ketones (excluding diaryl/α,β-unsaturated/α-hetero) is 1. The van der Waals surface area contributed by atoms with Gasteiger partial charge in [-0.2, -0.15) is 5.01 Å². The second-order valence-electron chi connectivity index (χ2n) is 5.80. The fraction of sp³-hybridized carbons (Fsp3) is 0.111. The topological polar surface area (TPSA) is 134 Å². The number of hydrogen-bond donors (Lipinski definition) is 2. The lowest BCUT2D eigenvalue weighted by molar-refractivity contribution is -0.125. The summed E-state index contributed by atoms with van der Waals surface area (Å²) in [5.74, 6) is -0.824. The number of carbonyl (C=O) groups excluding carboxylic acids is 2. The van der Waals surface area contributed by atoms with Gasteiger partial charge >= 0.3 is 0 Å². The van der Waals surface area contributed by atoms with Gasteiger partial charge in [-0.05, 0) is 49.4 Å². The number of nitrogens with two attached hydrogens (primary N) is 1. The lowest BCUT2D eigenvalue weighted by Gasteiger charge is -2.15. The van der Waals surface area contributed by atoms with Crippen molar-refractivity contribution in [3.63, 3.8) is 0 Å². The monoisotopic (exact) mass is 364 g/mol. The Kier molecular flexibility index (Phi) is 5.02. The molecular formula is C18H16N6O3. The van der Waals surface area contributed by atoms with Gasteiger partial charge in [-0.3, -0.25) is 14.4 Å². The number of nitrogen functional groups attached to an aromatic ring is 1. The first kappa shape index (κ1) is 17.9. The molecule has 0 spiro atoms. The number of amides is 1. The molecule has 0 fully saturated rings. The molecule has 1 heterocycles. The Bertz CT molecular complexity index is 1090. The van der Waals surface area contributed by atoms with Crippen LogP contribution >= 0.6 is 0 Å². The molecule has 27 heavy (non-hydrogen) atoms. The van der Waals surface area contributed by atoms with Crippen molar-refractivity contribution in [1.82, 2.24) is 9.97 Å². The van der Waals surface area contributed by atoms with Crippen molar-refractivity contribution in [3.05, 3.63) is 59.1 Å². The lowest BCUT2D eigenvalue weighted by atomic mass is 10.2. The van der Waals surface area contributed by atoms with Crippen molar-refractivity contribution in [3.8, 4) is 0 Å². The van der Waals surface area contributed by atoms with Crippen molar-refractivity contribution >= 4 is 39.7 Å². The van der Waals surface area contributed by atoms with Gasteiger partial charge in [-0.25, -0.2) is 4.98 Å². The predicted octanol–water partition coefficient (Wildman–Crippen LogP) is 2.52. The minimum absolute atomic E-state index is 0.293. The summed E-state index contributed by atoms with van der Waals surface area (Å²) in [5.41, 5.74) is 7.17. The molecule has 0 saturated carbocycles. The summed E-state index contributed by atoms with van der Waals surface area (Å²) < 4.78 is 0. The number of benzene rings is 2. The number of hydrogen-bond acceptors (Lipinski definition) is 7. The van der Waals surface area contributed by atoms with E-state index in [9.17, 15) is 14.4 Å². The summed E-state index contributed by atoms with van der Waals surface area (Å²) in [6.45, 7) is 1.32. The van der Waals surface area contributed by atoms with E-state index in [0.717, 1.165) is 5.01 Å². The number of aromatic nitrogens is 2. The number of carbonyl (C=O) groups is 2. The maximum absolute atomic E-state index is 12.4. The molecule has 2 aromatic carbocycles. The number of anilines is 2. The second kappa shape index (κ2) is 7.56. The van der Waals surface area contributed by atoms with Crippen LogP contribution in [0.2, 0.25) is 0 Å². The second-order valence-corrected chi connectivity index (χ2v) is 5.80. The maximum atomic E-state index is 12.4. The third-order valence-electron chi connectivity index (χ3n) is 3.65. The van der Waals surface area contributed by atoms with Gasteiger partial charge in [0.05, 0.1) is 35.0 Å². The summed E-state index contributed by atoms with van der Waals surface area (Å²) in [5, 5.41) is 9.37. The molecule has 0 aliphatic carbocycles. The number of ketones is 1. The Morgan fingerprint density at radius 1 is 1.19 bits per heavy atom. The number of H-pyrrole nitrogens is 1. The molecule has 0 atom stereocenters. The van der Waals surface area contributed by atoms with E-state index in [1.54, 1.807) is 36.4 Å². The van der Waals surface area contributed by atoms with Crippen molar-refractivity contribution < 1.29 is 9.59 Å². The number of rotatable bonds is 5. The first-order chi connectivity index (χ1) is 12.9. The minimum atomic E-state index is -0.531. The van der Waals surface area contributed by atoms with E-state index in [2.05, 4.69) is 20.3 Å². The molecule has 1 amide bonds. The molecular weight excluding hydrogens is 348 g/mol. The molecule has 3 aromatic rings. The third kappa shape index (κ3) is 4.21. The average Bonchev–Trinajstić information content (AvgIpc) is 2.63. The van der Waals surface area contributed by atoms with E-state index in [1.807, 2.05) is 0 Å². The largest absolute Gasteiger partial charge is 0.399 e. The Morgan fingerprint density at radius 2 is 1.93 bits per heavy atom. The van der Waals surface area contributed by atoms with Crippen LogP contribution in [0.4, 0.5) is 17.1 Å². The van der Waals surface area contributed by atoms with E-state index in [1.165, 1.54) is 19.3 Å². The average molecular weight is 364 g/mol. The predicted molar refractivity (Wildman–Crippen MR) is 101 cm³/mol. The number of aromatic amines is 1. The standard InChI is InChI=1S/C18H16N6O3/c1-11(25)8-17(26)24(14-5-2-12(19)3-6-14)23-22-13-4-7-16-15(9-13)18(27)21-10-20-16/h2-7,9-10H,8,19H2,1H3,(H,20,21,27). The molecule has 0 unspecified atom stereocenters. The molecule has 0 saturated heterocycles. The van der Waals surface area contributed by atoms with Gasteiger partial charge in [0.1, 0.15) is 5.78 Å². The Morgan fingerprint density at radius 3 is 2.63 bits per heavy atom. The van der Waals surface area contributed by atoms with Gasteiger partial charge in [0.25, 0.3) is 11.5 Å². The summed E-state index contributed by atoms with van der Waals surface area (Å²) in [6, 6.07) is 11.2. The molecule has 0 radical (unpaired) electrons. The summed E-state index contributed by atoms with van der Waals surface area (Å²) >= 11 is 0. The zero-order valence-corrected chi connectivity index (χ0v) is 14.4. The van der Waals surface area contributed by atoms with Crippen LogP contribution in [0.25, 0.3) is 10.9 Å². The van der Waals surface area contributed by atoms with E-state index < -0.39 is 5.91 Å². The van der Waals surface area contributed by atoms with Crippen LogP contribution < -0.4 is 16.3 Å². The lowest BCUT2D eigenvalue weighted by Crippen LogP contribution is -2.26. The molecule has 0 bridgehead atoms. The molecule has 3 N–H and O–H groups in total. The maximum Gasteiger partial charge on any atom is 0.258 e. The van der Waals surface area contributed by atoms with E-state index in [-0.39, 0.29) is 17.8 Å². The van der Waals surface area contributed by atoms with Crippen LogP contribution in [0.3, 0.4) is 0 Å². The molecule has 0 aliphatic rings.